The lowest BCUT2D eigenvalue weighted by Gasteiger charge is -2.38. The maximum absolute atomic E-state index is 12.5. The maximum atomic E-state index is 12.5. The van der Waals surface area contributed by atoms with Crippen molar-refractivity contribution in [2.45, 2.75) is 64.5 Å². The van der Waals surface area contributed by atoms with Crippen molar-refractivity contribution in [3.63, 3.8) is 0 Å². The van der Waals surface area contributed by atoms with Gasteiger partial charge in [-0.2, -0.15) is 0 Å². The van der Waals surface area contributed by atoms with E-state index < -0.39 is 0 Å². The van der Waals surface area contributed by atoms with E-state index in [1.807, 2.05) is 13.8 Å². The van der Waals surface area contributed by atoms with E-state index in [0.29, 0.717) is 5.92 Å². The Bertz CT molecular complexity index is 311. The van der Waals surface area contributed by atoms with Crippen molar-refractivity contribution in [3.8, 4) is 0 Å². The van der Waals surface area contributed by atoms with Gasteiger partial charge in [-0.05, 0) is 44.7 Å². The topological polar surface area (TPSA) is 61.4 Å². The van der Waals surface area contributed by atoms with Gasteiger partial charge in [-0.15, -0.1) is 0 Å². The predicted octanol–water partition coefficient (Wildman–Crippen LogP) is 1.43. The summed E-state index contributed by atoms with van der Waals surface area (Å²) >= 11 is 0. The first-order valence-corrected chi connectivity index (χ1v) is 7.71. The molecule has 1 aliphatic heterocycles. The minimum Gasteiger partial charge on any atom is -0.391 e. The minimum atomic E-state index is -0.363. The van der Waals surface area contributed by atoms with Crippen molar-refractivity contribution in [1.82, 2.24) is 10.6 Å². The van der Waals surface area contributed by atoms with E-state index in [0.717, 1.165) is 51.6 Å². The summed E-state index contributed by atoms with van der Waals surface area (Å²) in [5, 5.41) is 16.4. The highest BCUT2D eigenvalue weighted by Crippen LogP contribution is 2.32. The summed E-state index contributed by atoms with van der Waals surface area (Å²) in [6, 6.07) is -0.0444. The lowest BCUT2D eigenvalue weighted by atomic mass is 9.74. The van der Waals surface area contributed by atoms with Gasteiger partial charge in [-0.1, -0.05) is 26.7 Å². The van der Waals surface area contributed by atoms with Crippen LogP contribution in [0.3, 0.4) is 0 Å². The lowest BCUT2D eigenvalue weighted by Crippen LogP contribution is -2.53. The molecule has 3 N–H and O–H groups in total. The number of amides is 1. The number of nitrogens with one attached hydrogen (secondary N) is 2. The largest absolute Gasteiger partial charge is 0.391 e. The zero-order valence-corrected chi connectivity index (χ0v) is 12.2. The summed E-state index contributed by atoms with van der Waals surface area (Å²) in [6.07, 6.45) is 5.80. The fraction of sp³-hybridized carbons (Fsp3) is 0.933. The molecule has 110 valence electrons. The Morgan fingerprint density at radius 2 is 1.95 bits per heavy atom. The Balaban J connectivity index is 1.93. The number of hydrogen-bond acceptors (Lipinski definition) is 3. The normalized spacial score (nSPS) is 32.9. The van der Waals surface area contributed by atoms with Gasteiger partial charge >= 0.3 is 0 Å². The third-order valence-corrected chi connectivity index (χ3v) is 4.95. The molecule has 1 saturated carbocycles. The molecule has 3 atom stereocenters. The number of piperidine rings is 1. The molecule has 0 aromatic heterocycles. The van der Waals surface area contributed by atoms with Crippen LogP contribution in [0.5, 0.6) is 0 Å². The van der Waals surface area contributed by atoms with Crippen LogP contribution in [0.15, 0.2) is 0 Å². The molecule has 1 heterocycles. The smallest absolute Gasteiger partial charge is 0.226 e. The van der Waals surface area contributed by atoms with Gasteiger partial charge in [-0.3, -0.25) is 4.79 Å². The molecule has 4 heteroatoms. The molecule has 4 nitrogen and oxygen atoms in total. The Hall–Kier alpha value is -0.610. The fourth-order valence-corrected chi connectivity index (χ4v) is 3.29. The van der Waals surface area contributed by atoms with Gasteiger partial charge in [-0.25, -0.2) is 0 Å². The van der Waals surface area contributed by atoms with Crippen LogP contribution in [0.4, 0.5) is 0 Å². The second-order valence-corrected chi connectivity index (χ2v) is 6.70. The number of carbonyl (C=O) groups excluding carboxylic acids is 1. The summed E-state index contributed by atoms with van der Waals surface area (Å²) in [4.78, 5) is 12.5. The fourth-order valence-electron chi connectivity index (χ4n) is 3.29. The number of carbonyl (C=O) groups is 1. The van der Waals surface area contributed by atoms with Crippen LogP contribution in [0, 0.1) is 11.3 Å². The van der Waals surface area contributed by atoms with Crippen LogP contribution in [0.1, 0.15) is 52.4 Å². The molecule has 2 rings (SSSR count). The molecule has 0 aromatic rings. The average molecular weight is 268 g/mol. The van der Waals surface area contributed by atoms with E-state index in [9.17, 15) is 9.90 Å². The number of rotatable bonds is 3. The van der Waals surface area contributed by atoms with Gasteiger partial charge in [0.2, 0.25) is 5.91 Å². The van der Waals surface area contributed by atoms with Crippen LogP contribution < -0.4 is 10.6 Å². The van der Waals surface area contributed by atoms with E-state index in [2.05, 4.69) is 10.6 Å². The first-order valence-electron chi connectivity index (χ1n) is 7.71. The van der Waals surface area contributed by atoms with Crippen LogP contribution in [0.25, 0.3) is 0 Å². The second kappa shape index (κ2) is 6.23. The molecule has 0 spiro atoms. The molecule has 2 fully saturated rings. The van der Waals surface area contributed by atoms with E-state index in [1.54, 1.807) is 0 Å². The van der Waals surface area contributed by atoms with Crippen molar-refractivity contribution in [3.05, 3.63) is 0 Å². The highest BCUT2D eigenvalue weighted by molar-refractivity contribution is 5.82. The van der Waals surface area contributed by atoms with Crippen LogP contribution in [0.2, 0.25) is 0 Å². The van der Waals surface area contributed by atoms with Gasteiger partial charge in [0.1, 0.15) is 0 Å². The van der Waals surface area contributed by atoms with Crippen molar-refractivity contribution < 1.29 is 9.90 Å². The van der Waals surface area contributed by atoms with E-state index >= 15 is 0 Å². The van der Waals surface area contributed by atoms with E-state index in [4.69, 9.17) is 0 Å². The molecule has 0 radical (unpaired) electrons. The quantitative estimate of drug-likeness (QED) is 0.725. The first-order chi connectivity index (χ1) is 9.01. The van der Waals surface area contributed by atoms with Crippen molar-refractivity contribution in [2.24, 2.45) is 11.3 Å². The molecule has 19 heavy (non-hydrogen) atoms. The predicted molar refractivity (Wildman–Crippen MR) is 75.8 cm³/mol. The molecule has 1 saturated heterocycles. The Labute approximate surface area is 116 Å². The Morgan fingerprint density at radius 3 is 2.58 bits per heavy atom. The minimum absolute atomic E-state index is 0.0444. The monoisotopic (exact) mass is 268 g/mol. The number of hydrogen-bond donors (Lipinski definition) is 3. The van der Waals surface area contributed by atoms with Crippen molar-refractivity contribution in [1.29, 1.82) is 0 Å². The van der Waals surface area contributed by atoms with Crippen LogP contribution >= 0.6 is 0 Å². The maximum Gasteiger partial charge on any atom is 0.226 e. The zero-order chi connectivity index (χ0) is 13.9. The van der Waals surface area contributed by atoms with Gasteiger partial charge in [0, 0.05) is 5.41 Å². The summed E-state index contributed by atoms with van der Waals surface area (Å²) in [7, 11) is 0. The SMILES string of the molecule is CC(C)(C(=O)N[C@@H]1CCCC[C@H]1O)C1CCCNC1. The van der Waals surface area contributed by atoms with Gasteiger partial charge in [0.15, 0.2) is 0 Å². The molecular weight excluding hydrogens is 240 g/mol. The Kier molecular flexibility index (Phi) is 4.85. The van der Waals surface area contributed by atoms with Gasteiger partial charge < -0.3 is 15.7 Å². The number of aliphatic hydroxyl groups excluding tert-OH is 1. The van der Waals surface area contributed by atoms with Gasteiger partial charge in [0.05, 0.1) is 12.1 Å². The highest BCUT2D eigenvalue weighted by Gasteiger charge is 2.39. The summed E-state index contributed by atoms with van der Waals surface area (Å²) in [5.41, 5.74) is -0.357. The summed E-state index contributed by atoms with van der Waals surface area (Å²) < 4.78 is 0. The Morgan fingerprint density at radius 1 is 1.21 bits per heavy atom. The van der Waals surface area contributed by atoms with Crippen LogP contribution in [-0.4, -0.2) is 36.2 Å². The molecule has 1 unspecified atom stereocenters. The van der Waals surface area contributed by atoms with E-state index in [1.165, 1.54) is 0 Å². The van der Waals surface area contributed by atoms with Gasteiger partial charge in [0.25, 0.3) is 0 Å². The zero-order valence-electron chi connectivity index (χ0n) is 12.2. The van der Waals surface area contributed by atoms with E-state index in [-0.39, 0.29) is 23.5 Å². The molecule has 0 aromatic carbocycles. The molecule has 0 bridgehead atoms. The highest BCUT2D eigenvalue weighted by atomic mass is 16.3. The average Bonchev–Trinajstić information content (AvgIpc) is 2.42. The summed E-state index contributed by atoms with van der Waals surface area (Å²) in [5.74, 6) is 0.495. The third-order valence-electron chi connectivity index (χ3n) is 4.95. The van der Waals surface area contributed by atoms with Crippen LogP contribution in [-0.2, 0) is 4.79 Å². The van der Waals surface area contributed by atoms with Crippen molar-refractivity contribution in [2.75, 3.05) is 13.1 Å². The third kappa shape index (κ3) is 3.48. The molecule has 2 aliphatic rings. The molecular formula is C15H28N2O2. The van der Waals surface area contributed by atoms with Crippen molar-refractivity contribution >= 4 is 5.91 Å². The molecule has 1 amide bonds. The summed E-state index contributed by atoms with van der Waals surface area (Å²) in [6.45, 7) is 6.06. The second-order valence-electron chi connectivity index (χ2n) is 6.70. The first kappa shape index (κ1) is 14.8. The lowest BCUT2D eigenvalue weighted by molar-refractivity contribution is -0.134. The molecule has 1 aliphatic carbocycles. The number of aliphatic hydroxyl groups is 1. The standard InChI is InChI=1S/C15H28N2O2/c1-15(2,11-6-5-9-16-10-11)14(19)17-12-7-3-4-8-13(12)18/h11-13,16,18H,3-10H2,1-2H3,(H,17,19)/t11?,12-,13-/m1/s1.